The normalized spacial score (nSPS) is 14.6. The fraction of sp³-hybridized carbons (Fsp3) is 0.0222. The van der Waals surface area contributed by atoms with Gasteiger partial charge < -0.3 is 9.88 Å². The summed E-state index contributed by atoms with van der Waals surface area (Å²) in [4.78, 5) is 10.4. The van der Waals surface area contributed by atoms with Gasteiger partial charge in [-0.2, -0.15) is 0 Å². The Morgan fingerprint density at radius 1 is 0.540 bits per heavy atom. The van der Waals surface area contributed by atoms with Crippen LogP contribution in [0.5, 0.6) is 0 Å². The lowest BCUT2D eigenvalue weighted by Crippen LogP contribution is -2.33. The number of benzene rings is 7. The summed E-state index contributed by atoms with van der Waals surface area (Å²) in [6.45, 7) is 0. The Morgan fingerprint density at radius 3 is 2.06 bits per heavy atom. The summed E-state index contributed by atoms with van der Waals surface area (Å²) in [6, 6.07) is 60.2. The van der Waals surface area contributed by atoms with Gasteiger partial charge in [-0.15, -0.1) is 11.3 Å². The average Bonchev–Trinajstić information content (AvgIpc) is 3.74. The monoisotopic (exact) mass is 658 g/mol. The maximum atomic E-state index is 5.21. The third-order valence-electron chi connectivity index (χ3n) is 9.67. The first-order valence-electron chi connectivity index (χ1n) is 16.9. The van der Waals surface area contributed by atoms with Gasteiger partial charge in [-0.3, -0.25) is 0 Å². The Kier molecular flexibility index (Phi) is 6.71. The Bertz CT molecular complexity index is 2780. The van der Waals surface area contributed by atoms with Gasteiger partial charge in [0.25, 0.3) is 0 Å². The van der Waals surface area contributed by atoms with Crippen molar-refractivity contribution in [1.29, 1.82) is 0 Å². The second-order valence-corrected chi connectivity index (χ2v) is 13.7. The number of fused-ring (bicyclic) bond motifs is 6. The molecule has 0 fully saturated rings. The van der Waals surface area contributed by atoms with Crippen molar-refractivity contribution >= 4 is 65.0 Å². The molecule has 2 aromatic heterocycles. The zero-order valence-corrected chi connectivity index (χ0v) is 27.8. The van der Waals surface area contributed by atoms with Crippen LogP contribution in [0.25, 0.3) is 58.8 Å². The number of amidine groups is 2. The number of hydrogen-bond donors (Lipinski definition) is 1. The molecular formula is C45H30N4S. The lowest BCUT2D eigenvalue weighted by atomic mass is 9.97. The van der Waals surface area contributed by atoms with Crippen LogP contribution in [0.3, 0.4) is 0 Å². The van der Waals surface area contributed by atoms with E-state index in [9.17, 15) is 0 Å². The van der Waals surface area contributed by atoms with Crippen molar-refractivity contribution in [1.82, 2.24) is 9.88 Å². The van der Waals surface area contributed by atoms with E-state index in [1.807, 2.05) is 35.6 Å². The van der Waals surface area contributed by atoms with Crippen LogP contribution in [0.15, 0.2) is 180 Å². The van der Waals surface area contributed by atoms with Crippen molar-refractivity contribution in [2.75, 3.05) is 0 Å². The van der Waals surface area contributed by atoms with Gasteiger partial charge in [-0.05, 0) is 59.2 Å². The zero-order chi connectivity index (χ0) is 33.0. The first-order valence-corrected chi connectivity index (χ1v) is 17.7. The van der Waals surface area contributed by atoms with E-state index in [1.165, 1.54) is 58.8 Å². The lowest BCUT2D eigenvalue weighted by molar-refractivity contribution is 0.674. The minimum Gasteiger partial charge on any atom is -0.344 e. The van der Waals surface area contributed by atoms with Crippen LogP contribution in [-0.4, -0.2) is 16.2 Å². The molecule has 0 saturated carbocycles. The van der Waals surface area contributed by atoms with Crippen molar-refractivity contribution in [2.24, 2.45) is 9.98 Å². The van der Waals surface area contributed by atoms with Crippen molar-refractivity contribution < 1.29 is 0 Å². The molecular weight excluding hydrogens is 629 g/mol. The van der Waals surface area contributed by atoms with Gasteiger partial charge in [0.2, 0.25) is 0 Å². The molecule has 236 valence electrons. The molecule has 1 atom stereocenters. The highest BCUT2D eigenvalue weighted by Gasteiger charge is 2.23. The van der Waals surface area contributed by atoms with Gasteiger partial charge in [0.15, 0.2) is 5.84 Å². The Hall–Kier alpha value is -6.30. The Balaban J connectivity index is 1.16. The highest BCUT2D eigenvalue weighted by atomic mass is 32.1. The minimum atomic E-state index is -0.246. The van der Waals surface area contributed by atoms with E-state index in [0.717, 1.165) is 28.4 Å². The number of rotatable bonds is 5. The molecule has 0 radical (unpaired) electrons. The lowest BCUT2D eigenvalue weighted by Gasteiger charge is -2.23. The topological polar surface area (TPSA) is 41.7 Å². The molecule has 3 heterocycles. The fourth-order valence-corrected chi connectivity index (χ4v) is 8.62. The molecule has 10 rings (SSSR count). The number of para-hydroxylation sites is 2. The molecule has 1 aliphatic heterocycles. The van der Waals surface area contributed by atoms with Crippen molar-refractivity contribution in [3.05, 3.63) is 187 Å². The van der Waals surface area contributed by atoms with Crippen LogP contribution in [0, 0.1) is 0 Å². The van der Waals surface area contributed by atoms with Crippen LogP contribution < -0.4 is 5.32 Å². The van der Waals surface area contributed by atoms with Gasteiger partial charge in [-0.25, -0.2) is 9.98 Å². The fourth-order valence-electron chi connectivity index (χ4n) is 7.38. The Morgan fingerprint density at radius 2 is 1.22 bits per heavy atom. The first-order chi connectivity index (χ1) is 24.8. The molecule has 0 spiro atoms. The van der Waals surface area contributed by atoms with Gasteiger partial charge in [0, 0.05) is 47.8 Å². The third kappa shape index (κ3) is 4.66. The first kappa shape index (κ1) is 28.7. The van der Waals surface area contributed by atoms with E-state index in [2.05, 4.69) is 155 Å². The highest BCUT2D eigenvalue weighted by Crippen LogP contribution is 2.43. The van der Waals surface area contributed by atoms with E-state index < -0.39 is 0 Å². The van der Waals surface area contributed by atoms with Crippen molar-refractivity contribution in [3.8, 4) is 16.8 Å². The summed E-state index contributed by atoms with van der Waals surface area (Å²) >= 11 is 1.82. The summed E-state index contributed by atoms with van der Waals surface area (Å²) < 4.78 is 4.81. The maximum absolute atomic E-state index is 5.21. The summed E-state index contributed by atoms with van der Waals surface area (Å²) in [5.41, 5.74) is 9.20. The second kappa shape index (κ2) is 11.7. The molecule has 4 nitrogen and oxygen atoms in total. The van der Waals surface area contributed by atoms with Gasteiger partial charge in [0.1, 0.15) is 12.0 Å². The summed E-state index contributed by atoms with van der Waals surface area (Å²) in [5, 5.41) is 8.58. The number of thiophene rings is 1. The average molecular weight is 659 g/mol. The number of aromatic nitrogens is 1. The number of hydrogen-bond acceptors (Lipinski definition) is 4. The largest absolute Gasteiger partial charge is 0.344 e. The number of nitrogens with one attached hydrogen (secondary N) is 1. The minimum absolute atomic E-state index is 0.246. The summed E-state index contributed by atoms with van der Waals surface area (Å²) in [5.74, 6) is 1.57. The van der Waals surface area contributed by atoms with E-state index in [-0.39, 0.29) is 6.17 Å². The standard InChI is InChI=1S/C45H30N4S/c1-4-14-29(15-5-1)43-46-44(30-16-6-2-7-17-30)48-45(47-43)36-23-12-22-35-41-33(21-13-25-40(41)50-42(35)36)31-26-27-39-37(28-31)34-20-10-11-24-38(34)49(39)32-18-8-3-9-19-32/h1-28,43H,(H,46,47,48). The summed E-state index contributed by atoms with van der Waals surface area (Å²) in [7, 11) is 0. The maximum Gasteiger partial charge on any atom is 0.160 e. The number of nitrogens with zero attached hydrogens (tertiary/aromatic N) is 3. The molecule has 1 unspecified atom stereocenters. The molecule has 50 heavy (non-hydrogen) atoms. The number of aliphatic imine (C=N–C) groups is 2. The molecule has 0 saturated heterocycles. The molecule has 7 aromatic carbocycles. The predicted octanol–water partition coefficient (Wildman–Crippen LogP) is 11.3. The van der Waals surface area contributed by atoms with Crippen LogP contribution in [0.4, 0.5) is 0 Å². The smallest absolute Gasteiger partial charge is 0.160 e. The van der Waals surface area contributed by atoms with E-state index in [4.69, 9.17) is 9.98 Å². The van der Waals surface area contributed by atoms with Gasteiger partial charge in [-0.1, -0.05) is 127 Å². The quantitative estimate of drug-likeness (QED) is 0.196. The van der Waals surface area contributed by atoms with Crippen molar-refractivity contribution in [3.63, 3.8) is 0 Å². The zero-order valence-electron chi connectivity index (χ0n) is 27.0. The molecule has 0 bridgehead atoms. The predicted molar refractivity (Wildman–Crippen MR) is 211 cm³/mol. The molecule has 5 heteroatoms. The van der Waals surface area contributed by atoms with Crippen molar-refractivity contribution in [2.45, 2.75) is 6.17 Å². The molecule has 0 aliphatic carbocycles. The van der Waals surface area contributed by atoms with E-state index >= 15 is 0 Å². The molecule has 1 N–H and O–H groups in total. The third-order valence-corrected chi connectivity index (χ3v) is 10.9. The van der Waals surface area contributed by atoms with Gasteiger partial charge in [0.05, 0.1) is 11.0 Å². The van der Waals surface area contributed by atoms with Crippen LogP contribution in [0.1, 0.15) is 22.9 Å². The van der Waals surface area contributed by atoms with Gasteiger partial charge >= 0.3 is 0 Å². The molecule has 0 amide bonds. The van der Waals surface area contributed by atoms with Crippen LogP contribution >= 0.6 is 11.3 Å². The van der Waals surface area contributed by atoms with E-state index in [0.29, 0.717) is 0 Å². The highest BCUT2D eigenvalue weighted by molar-refractivity contribution is 7.26. The van der Waals surface area contributed by atoms with Crippen LogP contribution in [0.2, 0.25) is 0 Å². The molecule has 1 aliphatic rings. The van der Waals surface area contributed by atoms with E-state index in [1.54, 1.807) is 0 Å². The molecule has 9 aromatic rings. The second-order valence-electron chi connectivity index (χ2n) is 12.6. The van der Waals surface area contributed by atoms with Crippen LogP contribution in [-0.2, 0) is 0 Å². The Labute approximate surface area is 293 Å². The summed E-state index contributed by atoms with van der Waals surface area (Å²) in [6.07, 6.45) is -0.246. The SMILES string of the molecule is c1ccc(C2=NC(c3cccc4c3sc3cccc(-c5ccc6c(c5)c5ccccc5n6-c5ccccc5)c34)=NC(c3ccccc3)N2)cc1.